The highest BCUT2D eigenvalue weighted by molar-refractivity contribution is 8.02. The van der Waals surface area contributed by atoms with Gasteiger partial charge in [0.05, 0.1) is 5.25 Å². The predicted octanol–water partition coefficient (Wildman–Crippen LogP) is 2.53. The number of hydrogen-bond acceptors (Lipinski definition) is 7. The van der Waals surface area contributed by atoms with Crippen molar-refractivity contribution < 1.29 is 9.59 Å². The molecule has 3 amide bonds. The summed E-state index contributed by atoms with van der Waals surface area (Å²) in [5.41, 5.74) is 2.08. The van der Waals surface area contributed by atoms with E-state index in [1.807, 2.05) is 31.2 Å². The summed E-state index contributed by atoms with van der Waals surface area (Å²) in [4.78, 5) is 22.9. The van der Waals surface area contributed by atoms with Crippen LogP contribution in [0.3, 0.4) is 0 Å². The molecule has 7 nitrogen and oxygen atoms in total. The van der Waals surface area contributed by atoms with E-state index in [4.69, 9.17) is 0 Å². The third kappa shape index (κ3) is 5.22. The Morgan fingerprint density at radius 2 is 2.09 bits per heavy atom. The maximum atomic E-state index is 11.8. The Balaban J connectivity index is 1.94. The normalized spacial score (nSPS) is 11.6. The molecule has 2 rings (SSSR count). The lowest BCUT2D eigenvalue weighted by molar-refractivity contribution is -0.119. The molecule has 0 unspecified atom stereocenters. The van der Waals surface area contributed by atoms with E-state index >= 15 is 0 Å². The number of carbonyl (C=O) groups excluding carboxylic acids is 2. The molecular formula is C14H17N5O2S2. The first-order chi connectivity index (χ1) is 11.0. The van der Waals surface area contributed by atoms with E-state index < -0.39 is 11.3 Å². The molecule has 0 aliphatic rings. The topological polar surface area (TPSA) is 96.0 Å². The highest BCUT2D eigenvalue weighted by atomic mass is 32.2. The second-order valence-corrected chi connectivity index (χ2v) is 7.26. The fourth-order valence-corrected chi connectivity index (χ4v) is 3.55. The number of amides is 3. The number of nitrogens with zero attached hydrogens (tertiary/aromatic N) is 2. The Morgan fingerprint density at radius 3 is 2.78 bits per heavy atom. The van der Waals surface area contributed by atoms with Gasteiger partial charge in [0.15, 0.2) is 4.34 Å². The van der Waals surface area contributed by atoms with Crippen LogP contribution in [0.25, 0.3) is 0 Å². The van der Waals surface area contributed by atoms with Crippen LogP contribution < -0.4 is 16.0 Å². The number of carbonyl (C=O) groups is 2. The summed E-state index contributed by atoms with van der Waals surface area (Å²) in [5, 5.41) is 16.0. The molecule has 0 aliphatic heterocycles. The Kier molecular flexibility index (Phi) is 5.94. The van der Waals surface area contributed by atoms with Crippen molar-refractivity contribution in [2.24, 2.45) is 0 Å². The van der Waals surface area contributed by atoms with Gasteiger partial charge in [-0.3, -0.25) is 10.1 Å². The van der Waals surface area contributed by atoms with E-state index in [1.54, 1.807) is 6.92 Å². The summed E-state index contributed by atoms with van der Waals surface area (Å²) >= 11 is 2.60. The smallest absolute Gasteiger partial charge is 0.321 e. The lowest BCUT2D eigenvalue weighted by Crippen LogP contribution is -2.41. The fourth-order valence-electron chi connectivity index (χ4n) is 1.63. The van der Waals surface area contributed by atoms with Crippen LogP contribution in [0.5, 0.6) is 0 Å². The van der Waals surface area contributed by atoms with E-state index in [1.165, 1.54) is 30.1 Å². The van der Waals surface area contributed by atoms with Gasteiger partial charge in [-0.05, 0) is 31.5 Å². The van der Waals surface area contributed by atoms with Gasteiger partial charge in [0.25, 0.3) is 0 Å². The molecule has 3 N–H and O–H groups in total. The number of nitrogens with one attached hydrogen (secondary N) is 3. The minimum Gasteiger partial charge on any atom is -0.341 e. The average Bonchev–Trinajstić information content (AvgIpc) is 2.94. The maximum absolute atomic E-state index is 11.8. The Morgan fingerprint density at radius 1 is 1.30 bits per heavy atom. The van der Waals surface area contributed by atoms with Crippen LogP contribution >= 0.6 is 23.1 Å². The van der Waals surface area contributed by atoms with E-state index in [0.29, 0.717) is 9.47 Å². The number of aryl methyl sites for hydroxylation is 1. The minimum atomic E-state index is -0.526. The minimum absolute atomic E-state index is 0.377. The standard InChI is InChI=1S/C14H17N5O2S2/c1-8-5-4-6-10(7-8)16-13-18-19-14(23-13)22-9(2)11(20)17-12(21)15-3/h4-7,9H,1-3H3,(H,16,18)(H2,15,17,20,21)/t9-/m1/s1. The zero-order valence-corrected chi connectivity index (χ0v) is 14.5. The van der Waals surface area contributed by atoms with Gasteiger partial charge in [-0.1, -0.05) is 35.2 Å². The van der Waals surface area contributed by atoms with Crippen molar-refractivity contribution in [3.05, 3.63) is 29.8 Å². The first kappa shape index (κ1) is 17.2. The van der Waals surface area contributed by atoms with Crippen molar-refractivity contribution >= 4 is 45.9 Å². The predicted molar refractivity (Wildman–Crippen MR) is 92.3 cm³/mol. The SMILES string of the molecule is CNC(=O)NC(=O)[C@@H](C)Sc1nnc(Nc2cccc(C)c2)s1. The number of urea groups is 1. The van der Waals surface area contributed by atoms with Crippen molar-refractivity contribution in [3.63, 3.8) is 0 Å². The monoisotopic (exact) mass is 351 g/mol. The molecular weight excluding hydrogens is 334 g/mol. The lowest BCUT2D eigenvalue weighted by Gasteiger charge is -2.08. The molecule has 1 heterocycles. The summed E-state index contributed by atoms with van der Waals surface area (Å²) in [6, 6.07) is 7.40. The Labute approximate surface area is 142 Å². The number of aromatic nitrogens is 2. The summed E-state index contributed by atoms with van der Waals surface area (Å²) in [6.07, 6.45) is 0. The highest BCUT2D eigenvalue weighted by Gasteiger charge is 2.18. The maximum Gasteiger partial charge on any atom is 0.321 e. The lowest BCUT2D eigenvalue weighted by atomic mass is 10.2. The third-order valence-corrected chi connectivity index (χ3v) is 4.81. The quantitative estimate of drug-likeness (QED) is 0.717. The number of hydrogen-bond donors (Lipinski definition) is 3. The summed E-state index contributed by atoms with van der Waals surface area (Å²) in [5.74, 6) is -0.377. The molecule has 0 aliphatic carbocycles. The number of imide groups is 1. The molecule has 9 heteroatoms. The Hall–Kier alpha value is -2.13. The van der Waals surface area contributed by atoms with Gasteiger partial charge in [-0.2, -0.15) is 0 Å². The van der Waals surface area contributed by atoms with E-state index in [9.17, 15) is 9.59 Å². The molecule has 122 valence electrons. The molecule has 1 aromatic carbocycles. The van der Waals surface area contributed by atoms with Crippen molar-refractivity contribution in [2.75, 3.05) is 12.4 Å². The first-order valence-electron chi connectivity index (χ1n) is 6.84. The third-order valence-electron chi connectivity index (χ3n) is 2.79. The molecule has 23 heavy (non-hydrogen) atoms. The molecule has 0 saturated heterocycles. The van der Waals surface area contributed by atoms with Crippen molar-refractivity contribution in [3.8, 4) is 0 Å². The number of rotatable bonds is 5. The van der Waals surface area contributed by atoms with E-state index in [-0.39, 0.29) is 5.91 Å². The summed E-state index contributed by atoms with van der Waals surface area (Å²) < 4.78 is 0.653. The largest absolute Gasteiger partial charge is 0.341 e. The number of anilines is 2. The van der Waals surface area contributed by atoms with Gasteiger partial charge in [0.1, 0.15) is 0 Å². The van der Waals surface area contributed by atoms with Crippen LogP contribution in [0.15, 0.2) is 28.6 Å². The molecule has 0 radical (unpaired) electrons. The van der Waals surface area contributed by atoms with Crippen LogP contribution in [0.4, 0.5) is 15.6 Å². The van der Waals surface area contributed by atoms with Crippen LogP contribution in [0.1, 0.15) is 12.5 Å². The zero-order valence-electron chi connectivity index (χ0n) is 12.9. The Bertz CT molecular complexity index is 704. The second kappa shape index (κ2) is 7.93. The number of thioether (sulfide) groups is 1. The summed E-state index contributed by atoms with van der Waals surface area (Å²) in [7, 11) is 1.45. The average molecular weight is 351 g/mol. The van der Waals surface area contributed by atoms with Gasteiger partial charge < -0.3 is 10.6 Å². The van der Waals surface area contributed by atoms with Crippen LogP contribution in [0.2, 0.25) is 0 Å². The molecule has 0 bridgehead atoms. The van der Waals surface area contributed by atoms with E-state index in [2.05, 4.69) is 26.1 Å². The van der Waals surface area contributed by atoms with Crippen molar-refractivity contribution in [1.29, 1.82) is 0 Å². The van der Waals surface area contributed by atoms with Gasteiger partial charge in [0.2, 0.25) is 11.0 Å². The van der Waals surface area contributed by atoms with Crippen molar-refractivity contribution in [1.82, 2.24) is 20.8 Å². The van der Waals surface area contributed by atoms with Crippen LogP contribution in [0, 0.1) is 6.92 Å². The highest BCUT2D eigenvalue weighted by Crippen LogP contribution is 2.30. The summed E-state index contributed by atoms with van der Waals surface area (Å²) in [6.45, 7) is 3.72. The molecule has 0 saturated carbocycles. The fraction of sp³-hybridized carbons (Fsp3) is 0.286. The molecule has 0 fully saturated rings. The van der Waals surface area contributed by atoms with Gasteiger partial charge in [-0.15, -0.1) is 10.2 Å². The first-order valence-corrected chi connectivity index (χ1v) is 8.54. The molecule has 1 atom stereocenters. The van der Waals surface area contributed by atoms with Gasteiger partial charge in [-0.25, -0.2) is 4.79 Å². The van der Waals surface area contributed by atoms with Crippen LogP contribution in [-0.4, -0.2) is 34.4 Å². The number of benzene rings is 1. The van der Waals surface area contributed by atoms with Gasteiger partial charge in [0, 0.05) is 12.7 Å². The second-order valence-electron chi connectivity index (χ2n) is 4.70. The van der Waals surface area contributed by atoms with E-state index in [0.717, 1.165) is 11.3 Å². The molecule has 1 aromatic heterocycles. The van der Waals surface area contributed by atoms with Crippen molar-refractivity contribution in [2.45, 2.75) is 23.4 Å². The zero-order chi connectivity index (χ0) is 16.8. The van der Waals surface area contributed by atoms with Crippen LogP contribution in [-0.2, 0) is 4.79 Å². The molecule has 0 spiro atoms. The molecule has 2 aromatic rings. The van der Waals surface area contributed by atoms with Gasteiger partial charge >= 0.3 is 6.03 Å².